The SMILES string of the molecule is CCOC(C)=O.O=C(O)[C@H](Cc1ccccc1)N[N+](=O)[O-]. The highest BCUT2D eigenvalue weighted by atomic mass is 16.7. The zero-order valence-electron chi connectivity index (χ0n) is 11.8. The molecule has 0 saturated carbocycles. The maximum Gasteiger partial charge on any atom is 0.332 e. The summed E-state index contributed by atoms with van der Waals surface area (Å²) in [4.78, 5) is 30.6. The van der Waals surface area contributed by atoms with Crippen LogP contribution in [0.15, 0.2) is 30.3 Å². The first-order valence-electron chi connectivity index (χ1n) is 6.17. The number of nitrogens with one attached hydrogen (secondary N) is 1. The highest BCUT2D eigenvalue weighted by Crippen LogP contribution is 2.03. The van der Waals surface area contributed by atoms with Crippen LogP contribution in [0.2, 0.25) is 0 Å². The molecular weight excluding hydrogens is 280 g/mol. The molecule has 116 valence electrons. The van der Waals surface area contributed by atoms with E-state index in [2.05, 4.69) is 4.74 Å². The number of nitrogens with zero attached hydrogens (tertiary/aromatic N) is 1. The summed E-state index contributed by atoms with van der Waals surface area (Å²) in [7, 11) is 0. The summed E-state index contributed by atoms with van der Waals surface area (Å²) in [6.45, 7) is 3.65. The lowest BCUT2D eigenvalue weighted by Crippen LogP contribution is -2.41. The van der Waals surface area contributed by atoms with Crippen molar-refractivity contribution >= 4 is 11.9 Å². The fourth-order valence-corrected chi connectivity index (χ4v) is 1.37. The fourth-order valence-electron chi connectivity index (χ4n) is 1.37. The molecule has 1 aromatic rings. The van der Waals surface area contributed by atoms with Crippen molar-refractivity contribution in [3.8, 4) is 0 Å². The van der Waals surface area contributed by atoms with Gasteiger partial charge in [0.15, 0.2) is 11.1 Å². The van der Waals surface area contributed by atoms with Gasteiger partial charge in [-0.15, -0.1) is 5.43 Å². The van der Waals surface area contributed by atoms with Gasteiger partial charge in [0.2, 0.25) is 0 Å². The third-order valence-electron chi connectivity index (χ3n) is 2.19. The lowest BCUT2D eigenvalue weighted by atomic mass is 10.1. The van der Waals surface area contributed by atoms with E-state index in [1.807, 2.05) is 0 Å². The number of aliphatic carboxylic acids is 1. The first-order chi connectivity index (χ1) is 9.86. The molecule has 0 fully saturated rings. The third-order valence-corrected chi connectivity index (χ3v) is 2.19. The zero-order valence-corrected chi connectivity index (χ0v) is 11.8. The van der Waals surface area contributed by atoms with Crippen molar-refractivity contribution in [3.63, 3.8) is 0 Å². The van der Waals surface area contributed by atoms with E-state index in [9.17, 15) is 19.7 Å². The second kappa shape index (κ2) is 10.2. The number of carbonyl (C=O) groups is 2. The number of carboxylic acids is 1. The minimum atomic E-state index is -1.24. The smallest absolute Gasteiger partial charge is 0.332 e. The minimum Gasteiger partial charge on any atom is -0.480 e. The number of benzene rings is 1. The van der Waals surface area contributed by atoms with Crippen molar-refractivity contribution < 1.29 is 24.5 Å². The standard InChI is InChI=1S/C9H10N2O4.C4H8O2/c12-9(13)8(10-11(14)15)6-7-4-2-1-3-5-7;1-3-6-4(2)5/h1-5,8,10H,6H2,(H,12,13);3H2,1-2H3/t8-;/m0./s1. The van der Waals surface area contributed by atoms with Crippen molar-refractivity contribution in [1.29, 1.82) is 0 Å². The summed E-state index contributed by atoms with van der Waals surface area (Å²) in [6.07, 6.45) is 0.0805. The van der Waals surface area contributed by atoms with Gasteiger partial charge in [-0.3, -0.25) is 4.79 Å². The molecule has 1 aromatic carbocycles. The molecule has 1 atom stereocenters. The second-order valence-corrected chi connectivity index (χ2v) is 3.89. The van der Waals surface area contributed by atoms with Gasteiger partial charge >= 0.3 is 11.9 Å². The normalized spacial score (nSPS) is 10.6. The number of carbonyl (C=O) groups excluding carboxylic acids is 1. The van der Waals surface area contributed by atoms with E-state index in [0.717, 1.165) is 5.56 Å². The summed E-state index contributed by atoms with van der Waals surface area (Å²) in [5, 5.41) is 18.0. The molecule has 2 N–H and O–H groups in total. The average Bonchev–Trinajstić information content (AvgIpc) is 2.39. The van der Waals surface area contributed by atoms with Gasteiger partial charge in [0, 0.05) is 13.3 Å². The van der Waals surface area contributed by atoms with E-state index in [1.54, 1.807) is 42.7 Å². The number of rotatable bonds is 6. The molecule has 0 heterocycles. The molecule has 0 spiro atoms. The molecule has 8 heteroatoms. The zero-order chi connectivity index (χ0) is 16.3. The number of ether oxygens (including phenoxy) is 1. The predicted octanol–water partition coefficient (Wildman–Crippen LogP) is 1.03. The van der Waals surface area contributed by atoms with Gasteiger partial charge in [-0.05, 0) is 12.5 Å². The summed E-state index contributed by atoms with van der Waals surface area (Å²) < 4.78 is 4.40. The first-order valence-corrected chi connectivity index (χ1v) is 6.17. The van der Waals surface area contributed by atoms with Crippen LogP contribution in [-0.2, 0) is 20.7 Å². The van der Waals surface area contributed by atoms with E-state index in [0.29, 0.717) is 6.61 Å². The summed E-state index contributed by atoms with van der Waals surface area (Å²) in [5.74, 6) is -1.45. The summed E-state index contributed by atoms with van der Waals surface area (Å²) in [6, 6.07) is 7.53. The van der Waals surface area contributed by atoms with Gasteiger partial charge in [-0.25, -0.2) is 14.9 Å². The molecule has 0 saturated heterocycles. The maximum atomic E-state index is 10.7. The van der Waals surface area contributed by atoms with Crippen LogP contribution in [0.1, 0.15) is 19.4 Å². The van der Waals surface area contributed by atoms with E-state index in [4.69, 9.17) is 5.11 Å². The third kappa shape index (κ3) is 9.88. The van der Waals surface area contributed by atoms with Gasteiger partial charge < -0.3 is 9.84 Å². The topological polar surface area (TPSA) is 119 Å². The molecular formula is C13H18N2O6. The Morgan fingerprint density at radius 1 is 1.38 bits per heavy atom. The quantitative estimate of drug-likeness (QED) is 0.457. The van der Waals surface area contributed by atoms with Crippen molar-refractivity contribution in [2.75, 3.05) is 6.61 Å². The molecule has 0 aliphatic rings. The molecule has 1 rings (SSSR count). The predicted molar refractivity (Wildman–Crippen MR) is 74.0 cm³/mol. The van der Waals surface area contributed by atoms with E-state index in [1.165, 1.54) is 6.92 Å². The van der Waals surface area contributed by atoms with E-state index in [-0.39, 0.29) is 12.4 Å². The van der Waals surface area contributed by atoms with Gasteiger partial charge in [-0.2, -0.15) is 0 Å². The molecule has 0 amide bonds. The Hall–Kier alpha value is -2.64. The Bertz CT molecular complexity index is 463. The fraction of sp³-hybridized carbons (Fsp3) is 0.385. The van der Waals surface area contributed by atoms with Gasteiger partial charge in [0.25, 0.3) is 0 Å². The lowest BCUT2D eigenvalue weighted by Gasteiger charge is -2.08. The van der Waals surface area contributed by atoms with Crippen LogP contribution in [0.4, 0.5) is 0 Å². The number of hydrogen-bond acceptors (Lipinski definition) is 5. The Balaban J connectivity index is 0.000000567. The van der Waals surface area contributed by atoms with Crippen molar-refractivity contribution in [2.24, 2.45) is 0 Å². The lowest BCUT2D eigenvalue weighted by molar-refractivity contribution is -0.548. The Kier molecular flexibility index (Phi) is 8.90. The monoisotopic (exact) mass is 298 g/mol. The molecule has 0 unspecified atom stereocenters. The van der Waals surface area contributed by atoms with Crippen LogP contribution in [0, 0.1) is 10.1 Å². The van der Waals surface area contributed by atoms with Crippen molar-refractivity contribution in [1.82, 2.24) is 5.43 Å². The second-order valence-electron chi connectivity index (χ2n) is 3.89. The highest BCUT2D eigenvalue weighted by Gasteiger charge is 2.22. The Labute approximate surface area is 121 Å². The number of carboxylic acid groups (broad SMARTS) is 1. The van der Waals surface area contributed by atoms with Gasteiger partial charge in [-0.1, -0.05) is 30.3 Å². The average molecular weight is 298 g/mol. The molecule has 0 aliphatic carbocycles. The van der Waals surface area contributed by atoms with E-state index >= 15 is 0 Å². The number of hydrazine groups is 1. The Morgan fingerprint density at radius 3 is 2.29 bits per heavy atom. The van der Waals surface area contributed by atoms with Crippen LogP contribution < -0.4 is 5.43 Å². The number of hydrogen-bond donors (Lipinski definition) is 2. The number of esters is 1. The van der Waals surface area contributed by atoms with Crippen LogP contribution in [0.3, 0.4) is 0 Å². The molecule has 0 bridgehead atoms. The molecule has 0 radical (unpaired) electrons. The van der Waals surface area contributed by atoms with Crippen LogP contribution in [0.5, 0.6) is 0 Å². The van der Waals surface area contributed by atoms with Crippen LogP contribution >= 0.6 is 0 Å². The Morgan fingerprint density at radius 2 is 1.95 bits per heavy atom. The highest BCUT2D eigenvalue weighted by molar-refractivity contribution is 5.73. The van der Waals surface area contributed by atoms with Gasteiger partial charge in [0.1, 0.15) is 0 Å². The van der Waals surface area contributed by atoms with Crippen LogP contribution in [0.25, 0.3) is 0 Å². The van der Waals surface area contributed by atoms with Gasteiger partial charge in [0.05, 0.1) is 6.61 Å². The van der Waals surface area contributed by atoms with Crippen molar-refractivity contribution in [2.45, 2.75) is 26.3 Å². The number of nitro groups is 1. The first kappa shape index (κ1) is 18.4. The van der Waals surface area contributed by atoms with Crippen LogP contribution in [-0.4, -0.2) is 34.7 Å². The molecule has 0 aromatic heterocycles. The summed E-state index contributed by atoms with van der Waals surface area (Å²) in [5.41, 5.74) is 2.49. The maximum absolute atomic E-state index is 10.7. The van der Waals surface area contributed by atoms with E-state index < -0.39 is 17.0 Å². The van der Waals surface area contributed by atoms with Crippen molar-refractivity contribution in [3.05, 3.63) is 46.0 Å². The molecule has 21 heavy (non-hydrogen) atoms. The molecule has 8 nitrogen and oxygen atoms in total. The largest absolute Gasteiger partial charge is 0.480 e. The molecule has 0 aliphatic heterocycles. The summed E-state index contributed by atoms with van der Waals surface area (Å²) >= 11 is 0. The minimum absolute atomic E-state index is 0.0805.